The second-order valence-electron chi connectivity index (χ2n) is 15.2. The molecule has 1 aliphatic carbocycles. The molecule has 3 heteroatoms. The first-order valence-corrected chi connectivity index (χ1v) is 18.9. The summed E-state index contributed by atoms with van der Waals surface area (Å²) in [6, 6.07) is 63.1. The van der Waals surface area contributed by atoms with E-state index < -0.39 is 0 Å². The van der Waals surface area contributed by atoms with E-state index in [2.05, 4.69) is 172 Å². The maximum absolute atomic E-state index is 5.27. The summed E-state index contributed by atoms with van der Waals surface area (Å²) < 4.78 is 0. The van der Waals surface area contributed by atoms with Crippen LogP contribution in [-0.4, -0.2) is 15.0 Å². The molecular weight excluding hydrogens is 667 g/mol. The fraction of sp³-hybridized carbons (Fsp3) is 0.0577. The second kappa shape index (κ2) is 12.0. The van der Waals surface area contributed by atoms with Gasteiger partial charge in [-0.1, -0.05) is 178 Å². The standard InChI is InChI=1S/C52H35N3/c1-52(2)46-23-13-12-20-40(46)41-29-28-35(30-47(41)52)32-24-26-34(27-25-32)50-53-49(33-14-4-3-5-15-33)54-51(55-50)45-31-44-38-18-7-6-16-36(38)37-17-8-10-21-42(37)48(44)43-22-11-9-19-39(43)45/h3-31H,1-2H3. The summed E-state index contributed by atoms with van der Waals surface area (Å²) in [6.07, 6.45) is 0. The third-order valence-corrected chi connectivity index (χ3v) is 11.7. The summed E-state index contributed by atoms with van der Waals surface area (Å²) in [7, 11) is 0. The first kappa shape index (κ1) is 31.5. The Bertz CT molecular complexity index is 3160. The van der Waals surface area contributed by atoms with Crippen LogP contribution in [0.5, 0.6) is 0 Å². The minimum absolute atomic E-state index is 0.0523. The highest BCUT2D eigenvalue weighted by molar-refractivity contribution is 6.32. The van der Waals surface area contributed by atoms with Gasteiger partial charge in [0.15, 0.2) is 17.5 Å². The van der Waals surface area contributed by atoms with E-state index in [0.717, 1.165) is 27.6 Å². The molecule has 11 rings (SSSR count). The van der Waals surface area contributed by atoms with Crippen molar-refractivity contribution in [3.63, 3.8) is 0 Å². The number of rotatable bonds is 4. The lowest BCUT2D eigenvalue weighted by atomic mass is 9.81. The highest BCUT2D eigenvalue weighted by Crippen LogP contribution is 2.49. The van der Waals surface area contributed by atoms with Gasteiger partial charge in [-0.05, 0) is 88.6 Å². The number of benzene rings is 9. The fourth-order valence-electron chi connectivity index (χ4n) is 8.99. The van der Waals surface area contributed by atoms with E-state index in [0.29, 0.717) is 17.5 Å². The third-order valence-electron chi connectivity index (χ3n) is 11.7. The maximum atomic E-state index is 5.27. The lowest BCUT2D eigenvalue weighted by Crippen LogP contribution is -2.14. The van der Waals surface area contributed by atoms with Gasteiger partial charge in [0.2, 0.25) is 0 Å². The molecule has 0 atom stereocenters. The van der Waals surface area contributed by atoms with Crippen molar-refractivity contribution in [2.45, 2.75) is 19.3 Å². The molecule has 0 fully saturated rings. The average molecular weight is 702 g/mol. The molecule has 9 aromatic carbocycles. The molecule has 3 nitrogen and oxygen atoms in total. The molecule has 0 aliphatic heterocycles. The van der Waals surface area contributed by atoms with Crippen LogP contribution < -0.4 is 0 Å². The van der Waals surface area contributed by atoms with Gasteiger partial charge in [-0.15, -0.1) is 0 Å². The SMILES string of the molecule is CC1(C)c2ccccc2-c2ccc(-c3ccc(-c4nc(-c5ccccc5)nc(-c5cc6c7ccccc7c7ccccc7c6c6ccccc56)n4)cc3)cc21. The fourth-order valence-corrected chi connectivity index (χ4v) is 8.99. The van der Waals surface area contributed by atoms with Gasteiger partial charge >= 0.3 is 0 Å². The van der Waals surface area contributed by atoms with Crippen molar-refractivity contribution in [1.29, 1.82) is 0 Å². The van der Waals surface area contributed by atoms with E-state index >= 15 is 0 Å². The molecule has 0 saturated heterocycles. The molecule has 0 saturated carbocycles. The van der Waals surface area contributed by atoms with Crippen molar-refractivity contribution < 1.29 is 0 Å². The van der Waals surface area contributed by atoms with Gasteiger partial charge in [-0.2, -0.15) is 0 Å². The summed E-state index contributed by atoms with van der Waals surface area (Å²) in [6.45, 7) is 4.66. The molecule has 0 N–H and O–H groups in total. The molecule has 1 aromatic heterocycles. The number of hydrogen-bond donors (Lipinski definition) is 0. The molecule has 0 amide bonds. The predicted octanol–water partition coefficient (Wildman–Crippen LogP) is 13.5. The summed E-state index contributed by atoms with van der Waals surface area (Å²) in [4.78, 5) is 15.6. The average Bonchev–Trinajstić information content (AvgIpc) is 3.48. The monoisotopic (exact) mass is 701 g/mol. The van der Waals surface area contributed by atoms with Gasteiger partial charge in [-0.3, -0.25) is 0 Å². The van der Waals surface area contributed by atoms with Crippen molar-refractivity contribution in [1.82, 2.24) is 15.0 Å². The van der Waals surface area contributed by atoms with Crippen LogP contribution >= 0.6 is 0 Å². The number of aromatic nitrogens is 3. The van der Waals surface area contributed by atoms with Crippen LogP contribution in [0.4, 0.5) is 0 Å². The van der Waals surface area contributed by atoms with Gasteiger partial charge in [0.1, 0.15) is 0 Å². The van der Waals surface area contributed by atoms with Gasteiger partial charge in [0.25, 0.3) is 0 Å². The van der Waals surface area contributed by atoms with E-state index in [1.54, 1.807) is 0 Å². The quantitative estimate of drug-likeness (QED) is 0.171. The lowest BCUT2D eigenvalue weighted by molar-refractivity contribution is 0.660. The molecule has 0 unspecified atom stereocenters. The van der Waals surface area contributed by atoms with Crippen molar-refractivity contribution in [2.75, 3.05) is 0 Å². The van der Waals surface area contributed by atoms with Crippen molar-refractivity contribution in [3.05, 3.63) is 187 Å². The van der Waals surface area contributed by atoms with Gasteiger partial charge < -0.3 is 0 Å². The minimum atomic E-state index is -0.0523. The highest BCUT2D eigenvalue weighted by Gasteiger charge is 2.35. The van der Waals surface area contributed by atoms with Gasteiger partial charge in [0.05, 0.1) is 0 Å². The molecular formula is C52H35N3. The molecule has 0 bridgehead atoms. The Hall–Kier alpha value is -6.97. The zero-order valence-corrected chi connectivity index (χ0v) is 30.6. The maximum Gasteiger partial charge on any atom is 0.164 e. The van der Waals surface area contributed by atoms with Crippen LogP contribution in [0.15, 0.2) is 176 Å². The summed E-state index contributed by atoms with van der Waals surface area (Å²) in [5.41, 5.74) is 10.6. The lowest BCUT2D eigenvalue weighted by Gasteiger charge is -2.22. The van der Waals surface area contributed by atoms with E-state index in [1.807, 2.05) is 18.2 Å². The van der Waals surface area contributed by atoms with E-state index in [4.69, 9.17) is 15.0 Å². The molecule has 0 spiro atoms. The third kappa shape index (κ3) is 4.86. The van der Waals surface area contributed by atoms with Crippen molar-refractivity contribution >= 4 is 43.1 Å². The molecule has 0 radical (unpaired) electrons. The van der Waals surface area contributed by atoms with Crippen LogP contribution in [0, 0.1) is 0 Å². The zero-order chi connectivity index (χ0) is 36.7. The zero-order valence-electron chi connectivity index (χ0n) is 30.6. The minimum Gasteiger partial charge on any atom is -0.208 e. The van der Waals surface area contributed by atoms with Crippen LogP contribution in [0.1, 0.15) is 25.0 Å². The Balaban J connectivity index is 1.09. The molecule has 55 heavy (non-hydrogen) atoms. The highest BCUT2D eigenvalue weighted by atomic mass is 15.0. The second-order valence-corrected chi connectivity index (χ2v) is 15.2. The van der Waals surface area contributed by atoms with E-state index in [9.17, 15) is 0 Å². The summed E-state index contributed by atoms with van der Waals surface area (Å²) in [5.74, 6) is 1.95. The number of hydrogen-bond acceptors (Lipinski definition) is 3. The van der Waals surface area contributed by atoms with E-state index in [-0.39, 0.29) is 5.41 Å². The molecule has 1 aliphatic rings. The largest absolute Gasteiger partial charge is 0.208 e. The number of nitrogens with zero attached hydrogens (tertiary/aromatic N) is 3. The van der Waals surface area contributed by atoms with Crippen LogP contribution in [0.3, 0.4) is 0 Å². The normalized spacial score (nSPS) is 13.1. The van der Waals surface area contributed by atoms with Gasteiger partial charge in [0, 0.05) is 22.1 Å². The van der Waals surface area contributed by atoms with Crippen LogP contribution in [0.25, 0.3) is 99.5 Å². The Labute approximate surface area is 319 Å². The first-order valence-electron chi connectivity index (χ1n) is 18.9. The van der Waals surface area contributed by atoms with Crippen molar-refractivity contribution in [3.8, 4) is 56.4 Å². The molecule has 10 aromatic rings. The van der Waals surface area contributed by atoms with Crippen molar-refractivity contribution in [2.24, 2.45) is 0 Å². The van der Waals surface area contributed by atoms with Gasteiger partial charge in [-0.25, -0.2) is 15.0 Å². The Morgan fingerprint density at radius 3 is 1.49 bits per heavy atom. The number of fused-ring (bicyclic) bond motifs is 11. The van der Waals surface area contributed by atoms with Crippen LogP contribution in [-0.2, 0) is 5.41 Å². The Kier molecular flexibility index (Phi) is 6.90. The first-order chi connectivity index (χ1) is 27.0. The molecule has 1 heterocycles. The van der Waals surface area contributed by atoms with E-state index in [1.165, 1.54) is 65.5 Å². The Morgan fingerprint density at radius 1 is 0.309 bits per heavy atom. The smallest absolute Gasteiger partial charge is 0.164 e. The summed E-state index contributed by atoms with van der Waals surface area (Å²) in [5, 5.41) is 9.71. The van der Waals surface area contributed by atoms with Crippen LogP contribution in [0.2, 0.25) is 0 Å². The topological polar surface area (TPSA) is 38.7 Å². The molecule has 258 valence electrons. The Morgan fingerprint density at radius 2 is 0.782 bits per heavy atom. The summed E-state index contributed by atoms with van der Waals surface area (Å²) >= 11 is 0. The predicted molar refractivity (Wildman–Crippen MR) is 229 cm³/mol.